The van der Waals surface area contributed by atoms with Gasteiger partial charge in [-0.1, -0.05) is 18.2 Å². The third-order valence-corrected chi connectivity index (χ3v) is 4.64. The summed E-state index contributed by atoms with van der Waals surface area (Å²) in [6.07, 6.45) is -0.688. The first-order valence-electron chi connectivity index (χ1n) is 9.15. The minimum Gasteiger partial charge on any atom is -0.491 e. The summed E-state index contributed by atoms with van der Waals surface area (Å²) in [5, 5.41) is 20.8. The minimum absolute atomic E-state index is 0. The second-order valence-corrected chi connectivity index (χ2v) is 6.67. The Kier molecular flexibility index (Phi) is 8.38. The maximum Gasteiger partial charge on any atom is 0.269 e. The number of non-ortho nitro benzene ring substituents is 1. The van der Waals surface area contributed by atoms with Crippen molar-refractivity contribution in [3.63, 3.8) is 0 Å². The molecule has 1 N–H and O–H groups in total. The van der Waals surface area contributed by atoms with Crippen LogP contribution in [-0.2, 0) is 0 Å². The van der Waals surface area contributed by atoms with Crippen molar-refractivity contribution in [2.75, 3.05) is 39.3 Å². The fraction of sp³-hybridized carbons (Fsp3) is 0.350. The molecular weight excluding hydrogens is 398 g/mol. The van der Waals surface area contributed by atoms with Gasteiger partial charge in [0.1, 0.15) is 18.5 Å². The van der Waals surface area contributed by atoms with Gasteiger partial charge in [-0.05, 0) is 24.3 Å². The van der Waals surface area contributed by atoms with E-state index in [4.69, 9.17) is 4.74 Å². The van der Waals surface area contributed by atoms with Crippen molar-refractivity contribution in [3.05, 3.63) is 70.3 Å². The van der Waals surface area contributed by atoms with Gasteiger partial charge in [0.25, 0.3) is 11.6 Å². The maximum atomic E-state index is 12.4. The first kappa shape index (κ1) is 22.6. The fourth-order valence-corrected chi connectivity index (χ4v) is 3.10. The zero-order valence-electron chi connectivity index (χ0n) is 15.8. The molecule has 1 fully saturated rings. The molecule has 9 heteroatoms. The van der Waals surface area contributed by atoms with Gasteiger partial charge in [0.15, 0.2) is 0 Å². The van der Waals surface area contributed by atoms with Crippen molar-refractivity contribution >= 4 is 24.0 Å². The van der Waals surface area contributed by atoms with E-state index in [2.05, 4.69) is 4.90 Å². The normalized spacial score (nSPS) is 15.3. The average molecular weight is 422 g/mol. The number of ether oxygens (including phenoxy) is 1. The highest BCUT2D eigenvalue weighted by atomic mass is 35.5. The Bertz CT molecular complexity index is 796. The monoisotopic (exact) mass is 421 g/mol. The molecule has 0 radical (unpaired) electrons. The molecule has 0 bridgehead atoms. The van der Waals surface area contributed by atoms with Crippen LogP contribution in [0, 0.1) is 10.1 Å². The van der Waals surface area contributed by atoms with Crippen molar-refractivity contribution in [1.82, 2.24) is 9.80 Å². The quantitative estimate of drug-likeness (QED) is 0.544. The summed E-state index contributed by atoms with van der Waals surface area (Å²) in [5.74, 6) is 0.505. The molecule has 1 heterocycles. The van der Waals surface area contributed by atoms with E-state index in [-0.39, 0.29) is 30.6 Å². The third-order valence-electron chi connectivity index (χ3n) is 4.64. The van der Waals surface area contributed by atoms with Gasteiger partial charge in [-0.15, -0.1) is 12.4 Å². The number of nitrogens with zero attached hydrogens (tertiary/aromatic N) is 3. The number of carbonyl (C=O) groups is 1. The van der Waals surface area contributed by atoms with Gasteiger partial charge in [0, 0.05) is 50.4 Å². The van der Waals surface area contributed by atoms with Gasteiger partial charge in [-0.2, -0.15) is 0 Å². The Morgan fingerprint density at radius 3 is 2.28 bits per heavy atom. The molecule has 0 aliphatic carbocycles. The Morgan fingerprint density at radius 1 is 1.07 bits per heavy atom. The molecule has 8 nitrogen and oxygen atoms in total. The Labute approximate surface area is 175 Å². The number of rotatable bonds is 7. The summed E-state index contributed by atoms with van der Waals surface area (Å²) in [4.78, 5) is 26.5. The lowest BCUT2D eigenvalue weighted by Gasteiger charge is -2.35. The number of nitro benzene ring substituents is 1. The SMILES string of the molecule is Cl.O=C(c1ccccc1)N1CCN(CC(O)COc2ccc([N+](=O)[O-])cc2)CC1. The van der Waals surface area contributed by atoms with Crippen molar-refractivity contribution in [1.29, 1.82) is 0 Å². The van der Waals surface area contributed by atoms with E-state index in [0.29, 0.717) is 44.0 Å². The number of piperazine rings is 1. The van der Waals surface area contributed by atoms with Gasteiger partial charge >= 0.3 is 0 Å². The van der Waals surface area contributed by atoms with Crippen LogP contribution >= 0.6 is 12.4 Å². The highest BCUT2D eigenvalue weighted by Crippen LogP contribution is 2.17. The van der Waals surface area contributed by atoms with Crippen LogP contribution in [0.4, 0.5) is 5.69 Å². The largest absolute Gasteiger partial charge is 0.491 e. The smallest absolute Gasteiger partial charge is 0.269 e. The topological polar surface area (TPSA) is 96.2 Å². The number of amides is 1. The molecule has 1 unspecified atom stereocenters. The van der Waals surface area contributed by atoms with E-state index >= 15 is 0 Å². The van der Waals surface area contributed by atoms with Crippen LogP contribution in [0.25, 0.3) is 0 Å². The fourth-order valence-electron chi connectivity index (χ4n) is 3.10. The van der Waals surface area contributed by atoms with Crippen molar-refractivity contribution in [2.24, 2.45) is 0 Å². The molecule has 2 aromatic rings. The van der Waals surface area contributed by atoms with E-state index in [1.54, 1.807) is 0 Å². The van der Waals surface area contributed by atoms with Gasteiger partial charge in [0.2, 0.25) is 0 Å². The van der Waals surface area contributed by atoms with Crippen molar-refractivity contribution in [3.8, 4) is 5.75 Å². The number of hydrogen-bond acceptors (Lipinski definition) is 6. The summed E-state index contributed by atoms with van der Waals surface area (Å²) in [6, 6.07) is 15.0. The summed E-state index contributed by atoms with van der Waals surface area (Å²) in [6.45, 7) is 3.15. The summed E-state index contributed by atoms with van der Waals surface area (Å²) in [5.41, 5.74) is 0.684. The highest BCUT2D eigenvalue weighted by Gasteiger charge is 2.23. The number of hydrogen-bond donors (Lipinski definition) is 1. The molecular formula is C20H24ClN3O5. The van der Waals surface area contributed by atoms with E-state index in [0.717, 1.165) is 0 Å². The second-order valence-electron chi connectivity index (χ2n) is 6.67. The average Bonchev–Trinajstić information content (AvgIpc) is 2.73. The molecule has 1 aliphatic rings. The molecule has 156 valence electrons. The van der Waals surface area contributed by atoms with E-state index < -0.39 is 11.0 Å². The van der Waals surface area contributed by atoms with Gasteiger partial charge in [-0.3, -0.25) is 19.8 Å². The number of nitro groups is 1. The lowest BCUT2D eigenvalue weighted by atomic mass is 10.2. The van der Waals surface area contributed by atoms with Crippen LogP contribution in [0.5, 0.6) is 5.75 Å². The van der Waals surface area contributed by atoms with Crippen LogP contribution in [0.1, 0.15) is 10.4 Å². The molecule has 0 saturated carbocycles. The number of carbonyl (C=O) groups excluding carboxylic acids is 1. The number of β-amino-alcohol motifs (C(OH)–C–C–N with tert-alkyl or cyclic N) is 1. The predicted octanol–water partition coefficient (Wildman–Crippen LogP) is 2.21. The zero-order valence-corrected chi connectivity index (χ0v) is 16.7. The van der Waals surface area contributed by atoms with Crippen LogP contribution < -0.4 is 4.74 Å². The van der Waals surface area contributed by atoms with Gasteiger partial charge in [0.05, 0.1) is 4.92 Å². The standard InChI is InChI=1S/C20H23N3O5.ClH/c24-18(15-28-19-8-6-17(7-9-19)23(26)27)14-21-10-12-22(13-11-21)20(25)16-4-2-1-3-5-16;/h1-9,18,24H,10-15H2;1H. The molecule has 1 atom stereocenters. The first-order valence-corrected chi connectivity index (χ1v) is 9.15. The summed E-state index contributed by atoms with van der Waals surface area (Å²) in [7, 11) is 0. The molecule has 1 amide bonds. The Balaban J connectivity index is 0.00000300. The number of aliphatic hydroxyl groups excluding tert-OH is 1. The maximum absolute atomic E-state index is 12.4. The van der Waals surface area contributed by atoms with E-state index in [1.165, 1.54) is 24.3 Å². The lowest BCUT2D eigenvalue weighted by Crippen LogP contribution is -2.50. The zero-order chi connectivity index (χ0) is 19.9. The second kappa shape index (κ2) is 10.8. The summed E-state index contributed by atoms with van der Waals surface area (Å²) >= 11 is 0. The van der Waals surface area contributed by atoms with Crippen LogP contribution in [0.3, 0.4) is 0 Å². The Morgan fingerprint density at radius 2 is 1.69 bits per heavy atom. The van der Waals surface area contributed by atoms with Crippen LogP contribution in [-0.4, -0.2) is 71.2 Å². The number of aliphatic hydroxyl groups is 1. The number of halogens is 1. The lowest BCUT2D eigenvalue weighted by molar-refractivity contribution is -0.384. The third kappa shape index (κ3) is 6.42. The van der Waals surface area contributed by atoms with Crippen molar-refractivity contribution < 1.29 is 19.6 Å². The van der Waals surface area contributed by atoms with E-state index in [9.17, 15) is 20.0 Å². The molecule has 3 rings (SSSR count). The number of benzene rings is 2. The molecule has 29 heavy (non-hydrogen) atoms. The van der Waals surface area contributed by atoms with Crippen LogP contribution in [0.2, 0.25) is 0 Å². The first-order chi connectivity index (χ1) is 13.5. The highest BCUT2D eigenvalue weighted by molar-refractivity contribution is 5.94. The predicted molar refractivity (Wildman–Crippen MR) is 111 cm³/mol. The van der Waals surface area contributed by atoms with E-state index in [1.807, 2.05) is 35.2 Å². The summed E-state index contributed by atoms with van der Waals surface area (Å²) < 4.78 is 5.50. The molecule has 0 aromatic heterocycles. The van der Waals surface area contributed by atoms with Gasteiger partial charge in [-0.25, -0.2) is 0 Å². The molecule has 1 aliphatic heterocycles. The minimum atomic E-state index is -0.688. The van der Waals surface area contributed by atoms with Crippen LogP contribution in [0.15, 0.2) is 54.6 Å². The molecule has 2 aromatic carbocycles. The molecule has 1 saturated heterocycles. The molecule has 0 spiro atoms. The Hall–Kier alpha value is -2.68. The van der Waals surface area contributed by atoms with Gasteiger partial charge < -0.3 is 14.7 Å². The van der Waals surface area contributed by atoms with Crippen molar-refractivity contribution in [2.45, 2.75) is 6.10 Å².